The van der Waals surface area contributed by atoms with Gasteiger partial charge in [0.2, 0.25) is 0 Å². The summed E-state index contributed by atoms with van der Waals surface area (Å²) in [6, 6.07) is 9.80. The Balaban J connectivity index is 2.37. The molecule has 0 amide bonds. The summed E-state index contributed by atoms with van der Waals surface area (Å²) in [5, 5.41) is 0. The van der Waals surface area contributed by atoms with Crippen molar-refractivity contribution in [1.82, 2.24) is 0 Å². The van der Waals surface area contributed by atoms with Crippen LogP contribution < -0.4 is 5.47 Å². The molecule has 0 radical (unpaired) electrons. The summed E-state index contributed by atoms with van der Waals surface area (Å²) < 4.78 is 5.10. The van der Waals surface area contributed by atoms with Crippen molar-refractivity contribution < 1.29 is 0 Å². The monoisotopic (exact) mass is 738 g/mol. The van der Waals surface area contributed by atoms with Crippen LogP contribution in [0.4, 0.5) is 11.4 Å². The Labute approximate surface area is 278 Å². The Morgan fingerprint density at radius 3 is 0.714 bits per heavy atom. The van der Waals surface area contributed by atoms with E-state index < -0.39 is 28.3 Å². The molecule has 42 heavy (non-hydrogen) atoms. The molecule has 0 bridgehead atoms. The van der Waals surface area contributed by atoms with Crippen LogP contribution in [0.3, 0.4) is 0 Å². The molecule has 2 aromatic carbocycles. The summed E-state index contributed by atoms with van der Waals surface area (Å²) in [4.78, 5) is 0. The summed E-state index contributed by atoms with van der Waals surface area (Å²) in [6.07, 6.45) is 0. The molecule has 1 aliphatic heterocycles. The number of hydrogen-bond donors (Lipinski definition) is 0. The molecule has 0 aromatic heterocycles. The van der Waals surface area contributed by atoms with Gasteiger partial charge < -0.3 is 0 Å². The molecule has 0 spiro atoms. The zero-order chi connectivity index (χ0) is 32.8. The van der Waals surface area contributed by atoms with Crippen LogP contribution in [0.5, 0.6) is 0 Å². The average molecular weight is 740 g/mol. The zero-order valence-corrected chi connectivity index (χ0v) is 35.1. The third-order valence-corrected chi connectivity index (χ3v) is 27.8. The average Bonchev–Trinajstić information content (AvgIpc) is 2.74. The van der Waals surface area contributed by atoms with Crippen molar-refractivity contribution in [3.63, 3.8) is 0 Å². The van der Waals surface area contributed by atoms with Gasteiger partial charge in [0.1, 0.15) is 0 Å². The Kier molecular flexibility index (Phi) is 9.67. The second kappa shape index (κ2) is 11.2. The minimum atomic E-state index is -2.24. The van der Waals surface area contributed by atoms with Gasteiger partial charge in [-0.2, -0.15) is 0 Å². The van der Waals surface area contributed by atoms with Crippen LogP contribution in [0.25, 0.3) is 0 Å². The van der Waals surface area contributed by atoms with Crippen LogP contribution in [0.2, 0.25) is 0 Å². The first-order valence-electron chi connectivity index (χ1n) is 15.4. The molecule has 1 heterocycles. The van der Waals surface area contributed by atoms with Gasteiger partial charge in [0.25, 0.3) is 0 Å². The van der Waals surface area contributed by atoms with Crippen molar-refractivity contribution in [2.24, 2.45) is 0 Å². The third kappa shape index (κ3) is 7.09. The zero-order valence-electron chi connectivity index (χ0n) is 29.9. The van der Waals surface area contributed by atoms with Gasteiger partial charge in [-0.25, -0.2) is 0 Å². The van der Waals surface area contributed by atoms with Gasteiger partial charge >= 0.3 is 280 Å². The van der Waals surface area contributed by atoms with Gasteiger partial charge in [-0.05, 0) is 0 Å². The van der Waals surface area contributed by atoms with E-state index in [1.54, 1.807) is 0 Å². The topological polar surface area (TPSA) is 6.48 Å². The van der Waals surface area contributed by atoms with E-state index in [2.05, 4.69) is 154 Å². The number of halogens is 2. The molecule has 6 heteroatoms. The molecule has 1 aliphatic rings. The number of anilines is 2. The summed E-state index contributed by atoms with van der Waals surface area (Å²) in [7, 11) is 15.5. The van der Waals surface area contributed by atoms with E-state index in [1.807, 2.05) is 0 Å². The molecule has 3 rings (SSSR count). The molecular weight excluding hydrogens is 681 g/mol. The van der Waals surface area contributed by atoms with Crippen molar-refractivity contribution >= 4 is 59.6 Å². The van der Waals surface area contributed by atoms with Crippen LogP contribution in [-0.2, 0) is 32.5 Å². The molecule has 2 aromatic rings. The van der Waals surface area contributed by atoms with Gasteiger partial charge in [-0.15, -0.1) is 0 Å². The van der Waals surface area contributed by atoms with Crippen LogP contribution in [0.1, 0.15) is 158 Å². The standard InChI is InChI=1S/C36H58As2Cl2N2/c1-31(2,3)23-19-25(33(7,8)9)29(26(20-23)34(10,11)12)41-37(39)42(38(41)40)30-27(35(13,14)15)21-24(32(4,5)6)22-28(30)36(16,17)18/h19-22H,1-18H3. The first kappa shape index (κ1) is 36.2. The molecule has 0 aliphatic carbocycles. The molecular formula is C36H58As2Cl2N2. The SMILES string of the molecule is CC(C)(C)c1cc(C(C)(C)C)c(N2[As](Cl)N(c3c(C(C)(C)C)cc(C(C)(C)C)cc3C(C)(C)C)[As]2Cl)c(C(C)(C)C)c1. The molecule has 0 N–H and O–H groups in total. The van der Waals surface area contributed by atoms with Crippen molar-refractivity contribution in [2.45, 2.75) is 157 Å². The van der Waals surface area contributed by atoms with E-state index in [4.69, 9.17) is 19.9 Å². The third-order valence-electron chi connectivity index (χ3n) is 8.21. The maximum atomic E-state index is 7.74. The fourth-order valence-corrected chi connectivity index (χ4v) is 24.5. The van der Waals surface area contributed by atoms with E-state index in [9.17, 15) is 0 Å². The fraction of sp³-hybridized carbons (Fsp3) is 0.667. The van der Waals surface area contributed by atoms with E-state index in [1.165, 1.54) is 44.8 Å². The number of benzene rings is 2. The number of rotatable bonds is 2. The van der Waals surface area contributed by atoms with Crippen LogP contribution >= 0.6 is 19.9 Å². The Hall–Kier alpha value is -0.263. The Bertz CT molecular complexity index is 1140. The molecule has 1 saturated heterocycles. The van der Waals surface area contributed by atoms with E-state index in [0.717, 1.165) is 0 Å². The van der Waals surface area contributed by atoms with Crippen molar-refractivity contribution in [1.29, 1.82) is 0 Å². The predicted molar refractivity (Wildman–Crippen MR) is 193 cm³/mol. The summed E-state index contributed by atoms with van der Waals surface area (Å²) >= 11 is -4.49. The Morgan fingerprint density at radius 1 is 0.381 bits per heavy atom. The molecule has 0 atom stereocenters. The van der Waals surface area contributed by atoms with Crippen molar-refractivity contribution in [3.8, 4) is 0 Å². The maximum absolute atomic E-state index is 7.74. The Morgan fingerprint density at radius 2 is 0.571 bits per heavy atom. The molecule has 236 valence electrons. The van der Waals surface area contributed by atoms with Crippen LogP contribution in [0.15, 0.2) is 24.3 Å². The second-order valence-corrected chi connectivity index (χ2v) is 29.9. The van der Waals surface area contributed by atoms with Crippen LogP contribution in [0, 0.1) is 0 Å². The van der Waals surface area contributed by atoms with Gasteiger partial charge in [-0.3, -0.25) is 0 Å². The summed E-state index contributed by atoms with van der Waals surface area (Å²) in [6.45, 7) is 41.9. The van der Waals surface area contributed by atoms with E-state index in [-0.39, 0.29) is 32.5 Å². The normalized spacial score (nSPS) is 19.3. The molecule has 0 unspecified atom stereocenters. The van der Waals surface area contributed by atoms with Crippen molar-refractivity contribution in [3.05, 3.63) is 57.6 Å². The van der Waals surface area contributed by atoms with Gasteiger partial charge in [-0.1, -0.05) is 0 Å². The minimum absolute atomic E-state index is 0.0449. The van der Waals surface area contributed by atoms with Crippen LogP contribution in [-0.4, -0.2) is 28.3 Å². The summed E-state index contributed by atoms with van der Waals surface area (Å²) in [5.41, 5.74) is 10.8. The molecule has 0 saturated carbocycles. The number of hydrogen-bond acceptors (Lipinski definition) is 2. The summed E-state index contributed by atoms with van der Waals surface area (Å²) in [5.74, 6) is 0. The first-order chi connectivity index (χ1) is 18.5. The molecule has 1 fully saturated rings. The second-order valence-electron chi connectivity index (χ2n) is 18.4. The van der Waals surface area contributed by atoms with Gasteiger partial charge in [0, 0.05) is 0 Å². The van der Waals surface area contributed by atoms with Gasteiger partial charge in [0.15, 0.2) is 0 Å². The molecule has 2 nitrogen and oxygen atoms in total. The fourth-order valence-electron chi connectivity index (χ4n) is 5.43. The van der Waals surface area contributed by atoms with Gasteiger partial charge in [0.05, 0.1) is 0 Å². The quantitative estimate of drug-likeness (QED) is 0.283. The predicted octanol–water partition coefficient (Wildman–Crippen LogP) is 11.2. The number of nitrogens with zero attached hydrogens (tertiary/aromatic N) is 2. The van der Waals surface area contributed by atoms with Crippen molar-refractivity contribution in [2.75, 3.05) is 5.47 Å². The first-order valence-corrected chi connectivity index (χ1v) is 23.7. The van der Waals surface area contributed by atoms with E-state index >= 15 is 0 Å². The van der Waals surface area contributed by atoms with E-state index in [0.29, 0.717) is 0 Å².